The second kappa shape index (κ2) is 8.27. The highest BCUT2D eigenvalue weighted by Crippen LogP contribution is 2.37. The number of alkyl halides is 3. The molecule has 3 heterocycles. The van der Waals surface area contributed by atoms with Crippen LogP contribution in [0.3, 0.4) is 0 Å². The normalized spacial score (nSPS) is 18.6. The highest BCUT2D eigenvalue weighted by Gasteiger charge is 2.39. The third kappa shape index (κ3) is 4.34. The van der Waals surface area contributed by atoms with Gasteiger partial charge in [0, 0.05) is 24.7 Å². The number of halogens is 5. The Labute approximate surface area is 195 Å². The first kappa shape index (κ1) is 24.0. The number of anilines is 1. The minimum absolute atomic E-state index is 0.0753. The molecule has 0 aliphatic carbocycles. The van der Waals surface area contributed by atoms with Gasteiger partial charge in [-0.05, 0) is 32.9 Å². The van der Waals surface area contributed by atoms with E-state index in [4.69, 9.17) is 16.3 Å². The Hall–Kier alpha value is -3.12. The number of aromatic amines is 1. The van der Waals surface area contributed by atoms with Crippen LogP contribution >= 0.6 is 11.6 Å². The van der Waals surface area contributed by atoms with Crippen molar-refractivity contribution >= 4 is 23.2 Å². The van der Waals surface area contributed by atoms with Gasteiger partial charge in [-0.2, -0.15) is 18.3 Å². The van der Waals surface area contributed by atoms with E-state index in [2.05, 4.69) is 20.5 Å². The van der Waals surface area contributed by atoms with Gasteiger partial charge in [-0.1, -0.05) is 11.6 Å². The van der Waals surface area contributed by atoms with E-state index in [1.54, 1.807) is 18.4 Å². The molecule has 0 unspecified atom stereocenters. The summed E-state index contributed by atoms with van der Waals surface area (Å²) in [7, 11) is 0. The molecule has 182 valence electrons. The van der Waals surface area contributed by atoms with E-state index in [1.807, 2.05) is 0 Å². The van der Waals surface area contributed by atoms with Gasteiger partial charge >= 0.3 is 6.18 Å². The number of rotatable bonds is 5. The molecule has 0 saturated carbocycles. The van der Waals surface area contributed by atoms with Crippen molar-refractivity contribution in [3.63, 3.8) is 0 Å². The minimum Gasteiger partial charge on any atom is -0.480 e. The van der Waals surface area contributed by atoms with Gasteiger partial charge in [0.15, 0.2) is 11.3 Å². The molecule has 1 aromatic carbocycles. The molecule has 34 heavy (non-hydrogen) atoms. The molecule has 1 aliphatic heterocycles. The molecule has 1 amide bonds. The van der Waals surface area contributed by atoms with Gasteiger partial charge in [0.1, 0.15) is 28.7 Å². The molecule has 0 spiro atoms. The number of fused-ring (bicyclic) bond motifs is 1. The number of aliphatic hydroxyl groups is 1. The maximum absolute atomic E-state index is 15.1. The lowest BCUT2D eigenvalue weighted by molar-refractivity contribution is -0.189. The summed E-state index contributed by atoms with van der Waals surface area (Å²) in [4.78, 5) is 17.1. The third-order valence-corrected chi connectivity index (χ3v) is 5.87. The zero-order chi connectivity index (χ0) is 25.0. The highest BCUT2D eigenvalue weighted by atomic mass is 35.5. The molecule has 1 aliphatic rings. The number of aryl methyl sites for hydroxylation is 2. The summed E-state index contributed by atoms with van der Waals surface area (Å²) in [6.45, 7) is 4.34. The average molecular weight is 502 g/mol. The number of nitrogens with zero attached hydrogens (tertiary/aromatic N) is 3. The maximum Gasteiger partial charge on any atom is 0.425 e. The van der Waals surface area contributed by atoms with E-state index in [-0.39, 0.29) is 22.1 Å². The van der Waals surface area contributed by atoms with E-state index >= 15 is 4.39 Å². The topological polar surface area (TPSA) is 105 Å². The molecule has 0 radical (unpaired) electrons. The van der Waals surface area contributed by atoms with Gasteiger partial charge in [-0.15, -0.1) is 0 Å². The summed E-state index contributed by atoms with van der Waals surface area (Å²) < 4.78 is 61.4. The lowest BCUT2D eigenvalue weighted by Crippen LogP contribution is -2.32. The zero-order valence-electron chi connectivity index (χ0n) is 18.2. The molecule has 3 N–H and O–H groups in total. The fraction of sp³-hybridized carbons (Fsp3) is 0.381. The van der Waals surface area contributed by atoms with Crippen molar-refractivity contribution in [1.82, 2.24) is 19.7 Å². The lowest BCUT2D eigenvalue weighted by Gasteiger charge is -2.20. The van der Waals surface area contributed by atoms with Gasteiger partial charge in [-0.25, -0.2) is 9.37 Å². The van der Waals surface area contributed by atoms with Crippen molar-refractivity contribution in [2.24, 2.45) is 0 Å². The molecule has 0 bridgehead atoms. The van der Waals surface area contributed by atoms with Gasteiger partial charge < -0.3 is 19.7 Å². The highest BCUT2D eigenvalue weighted by molar-refractivity contribution is 6.33. The van der Waals surface area contributed by atoms with Crippen LogP contribution in [0.25, 0.3) is 11.3 Å². The van der Waals surface area contributed by atoms with Crippen LogP contribution in [-0.2, 0) is 12.1 Å². The Bertz CT molecular complexity index is 1250. The van der Waals surface area contributed by atoms with Crippen LogP contribution in [0, 0.1) is 12.7 Å². The molecule has 4 rings (SSSR count). The third-order valence-electron chi connectivity index (χ3n) is 5.59. The van der Waals surface area contributed by atoms with Crippen molar-refractivity contribution in [3.8, 4) is 17.0 Å². The number of H-pyrrole nitrogens is 1. The number of imidazole rings is 1. The fourth-order valence-electron chi connectivity index (χ4n) is 3.60. The smallest absolute Gasteiger partial charge is 0.425 e. The number of carbonyl (C=O) groups excluding carboxylic acids is 1. The Morgan fingerprint density at radius 2 is 2.12 bits per heavy atom. The van der Waals surface area contributed by atoms with Crippen molar-refractivity contribution in [2.75, 3.05) is 5.32 Å². The summed E-state index contributed by atoms with van der Waals surface area (Å²) in [5, 5.41) is 19.0. The second-order valence-electron chi connectivity index (χ2n) is 8.27. The van der Waals surface area contributed by atoms with Crippen molar-refractivity contribution in [1.29, 1.82) is 0 Å². The van der Waals surface area contributed by atoms with Crippen LogP contribution in [0.4, 0.5) is 23.2 Å². The molecule has 8 nitrogen and oxygen atoms in total. The van der Waals surface area contributed by atoms with E-state index in [0.29, 0.717) is 24.5 Å². The van der Waals surface area contributed by atoms with E-state index in [1.165, 1.54) is 6.20 Å². The number of ether oxygens (including phenoxy) is 1. The van der Waals surface area contributed by atoms with E-state index in [0.717, 1.165) is 19.1 Å². The molecule has 0 saturated heterocycles. The summed E-state index contributed by atoms with van der Waals surface area (Å²) in [5.74, 6) is -2.06. The molecule has 13 heteroatoms. The van der Waals surface area contributed by atoms with Gasteiger partial charge in [0.2, 0.25) is 0 Å². The van der Waals surface area contributed by atoms with Crippen LogP contribution in [-0.4, -0.2) is 43.0 Å². The molecule has 2 aromatic heterocycles. The summed E-state index contributed by atoms with van der Waals surface area (Å²) in [6, 6.07) is 1.76. The zero-order valence-corrected chi connectivity index (χ0v) is 19.0. The SMILES string of the molecule is Cc1[nH]nc(Cl)c1NC(=O)c1cc(F)c(-c2cn3c(n2)[C@](C)(O)CC3)cc1O[C@@H](C)C(F)(F)F. The Kier molecular flexibility index (Phi) is 5.85. The van der Waals surface area contributed by atoms with Crippen molar-refractivity contribution in [2.45, 2.75) is 51.6 Å². The Morgan fingerprint density at radius 1 is 1.41 bits per heavy atom. The number of amides is 1. The average Bonchev–Trinajstić information content (AvgIpc) is 3.39. The first-order valence-corrected chi connectivity index (χ1v) is 10.5. The minimum atomic E-state index is -4.74. The quantitative estimate of drug-likeness (QED) is 0.444. The monoisotopic (exact) mass is 501 g/mol. The van der Waals surface area contributed by atoms with Crippen molar-refractivity contribution in [3.05, 3.63) is 46.4 Å². The first-order chi connectivity index (χ1) is 15.8. The molecule has 2 atom stereocenters. The van der Waals surface area contributed by atoms with Crippen LogP contribution < -0.4 is 10.1 Å². The lowest BCUT2D eigenvalue weighted by atomic mass is 10.0. The van der Waals surface area contributed by atoms with Crippen LogP contribution in [0.1, 0.15) is 42.1 Å². The number of aromatic nitrogens is 4. The number of nitrogens with one attached hydrogen (secondary N) is 2. The van der Waals surface area contributed by atoms with Crippen LogP contribution in [0.5, 0.6) is 5.75 Å². The number of benzene rings is 1. The number of hydrogen-bond donors (Lipinski definition) is 3. The van der Waals surface area contributed by atoms with Gasteiger partial charge in [0.25, 0.3) is 5.91 Å². The molecular formula is C21H20ClF4N5O3. The summed E-state index contributed by atoms with van der Waals surface area (Å²) in [5.41, 5.74) is -1.32. The van der Waals surface area contributed by atoms with Gasteiger partial charge in [-0.3, -0.25) is 9.89 Å². The maximum atomic E-state index is 15.1. The fourth-order valence-corrected chi connectivity index (χ4v) is 3.83. The summed E-state index contributed by atoms with van der Waals surface area (Å²) in [6.07, 6.45) is -5.11. The molecular weight excluding hydrogens is 482 g/mol. The van der Waals surface area contributed by atoms with Gasteiger partial charge in [0.05, 0.1) is 17.0 Å². The first-order valence-electron chi connectivity index (χ1n) is 10.2. The van der Waals surface area contributed by atoms with Crippen LogP contribution in [0.2, 0.25) is 5.15 Å². The predicted molar refractivity (Wildman–Crippen MR) is 114 cm³/mol. The number of hydrogen-bond acceptors (Lipinski definition) is 5. The van der Waals surface area contributed by atoms with Crippen LogP contribution in [0.15, 0.2) is 18.3 Å². The largest absolute Gasteiger partial charge is 0.480 e. The standard InChI is InChI=1S/C21H20ClF4N5O3/c1-9-16(17(22)30-29-9)28-18(32)12-6-13(23)11(7-15(12)34-10(2)21(24,25)26)14-8-31-5-4-20(3,33)19(31)27-14/h6-8,10,33H,4-5H2,1-3H3,(H,28,32)(H,29,30)/t10-,20+/m0/s1. The predicted octanol–water partition coefficient (Wildman–Crippen LogP) is 4.57. The molecule has 3 aromatic rings. The van der Waals surface area contributed by atoms with E-state index < -0.39 is 40.9 Å². The second-order valence-corrected chi connectivity index (χ2v) is 8.62. The van der Waals surface area contributed by atoms with Crippen molar-refractivity contribution < 1.29 is 32.2 Å². The molecule has 0 fully saturated rings. The number of carbonyl (C=O) groups is 1. The summed E-state index contributed by atoms with van der Waals surface area (Å²) >= 11 is 5.91. The Morgan fingerprint density at radius 3 is 2.71 bits per heavy atom. The van der Waals surface area contributed by atoms with E-state index in [9.17, 15) is 23.1 Å². The Balaban J connectivity index is 1.77.